The molecule has 0 saturated carbocycles. The lowest BCUT2D eigenvalue weighted by molar-refractivity contribution is -0.139. The molecule has 0 saturated heterocycles. The highest BCUT2D eigenvalue weighted by Crippen LogP contribution is 2.17. The van der Waals surface area contributed by atoms with E-state index in [2.05, 4.69) is 10.4 Å². The van der Waals surface area contributed by atoms with Gasteiger partial charge in [0.25, 0.3) is 5.91 Å². The van der Waals surface area contributed by atoms with Gasteiger partial charge < -0.3 is 10.4 Å². The van der Waals surface area contributed by atoms with Crippen LogP contribution in [-0.2, 0) is 4.79 Å². The van der Waals surface area contributed by atoms with Crippen LogP contribution in [0.2, 0.25) is 5.02 Å². The smallest absolute Gasteiger partial charge is 0.326 e. The Hall–Kier alpha value is -2.34. The Morgan fingerprint density at radius 3 is 2.62 bits per heavy atom. The SMILES string of the molecule is Cc1cc(C(=O)NC(CC(C)C)C(=O)O)nn1-c1cccc(Cl)c1. The van der Waals surface area contributed by atoms with E-state index in [4.69, 9.17) is 11.6 Å². The average Bonchev–Trinajstić information content (AvgIpc) is 2.88. The Bertz CT molecular complexity index is 755. The van der Waals surface area contributed by atoms with E-state index in [-0.39, 0.29) is 11.6 Å². The number of carbonyl (C=O) groups excluding carboxylic acids is 1. The number of aromatic nitrogens is 2. The maximum absolute atomic E-state index is 12.3. The number of aryl methyl sites for hydroxylation is 1. The highest BCUT2D eigenvalue weighted by Gasteiger charge is 2.23. The maximum atomic E-state index is 12.3. The number of nitrogens with one attached hydrogen (secondary N) is 1. The van der Waals surface area contributed by atoms with Crippen LogP contribution in [0.3, 0.4) is 0 Å². The summed E-state index contributed by atoms with van der Waals surface area (Å²) in [5.74, 6) is -1.41. The van der Waals surface area contributed by atoms with Crippen molar-refractivity contribution in [3.8, 4) is 5.69 Å². The molecule has 0 aliphatic heterocycles. The van der Waals surface area contributed by atoms with Gasteiger partial charge in [-0.1, -0.05) is 31.5 Å². The number of benzene rings is 1. The van der Waals surface area contributed by atoms with Gasteiger partial charge in [0.15, 0.2) is 5.69 Å². The molecule has 0 spiro atoms. The molecule has 128 valence electrons. The maximum Gasteiger partial charge on any atom is 0.326 e. The summed E-state index contributed by atoms with van der Waals surface area (Å²) in [5, 5.41) is 16.6. The van der Waals surface area contributed by atoms with Crippen LogP contribution < -0.4 is 5.32 Å². The first-order chi connectivity index (χ1) is 11.3. The quantitative estimate of drug-likeness (QED) is 0.839. The molecule has 6 nitrogen and oxygen atoms in total. The molecule has 1 atom stereocenters. The molecule has 24 heavy (non-hydrogen) atoms. The van der Waals surface area contributed by atoms with Gasteiger partial charge in [-0.15, -0.1) is 0 Å². The summed E-state index contributed by atoms with van der Waals surface area (Å²) in [7, 11) is 0. The van der Waals surface area contributed by atoms with Crippen molar-refractivity contribution in [3.63, 3.8) is 0 Å². The fourth-order valence-corrected chi connectivity index (χ4v) is 2.56. The summed E-state index contributed by atoms with van der Waals surface area (Å²) in [4.78, 5) is 23.6. The third-order valence-corrected chi connectivity index (χ3v) is 3.72. The van der Waals surface area contributed by atoms with Crippen molar-refractivity contribution >= 4 is 23.5 Å². The predicted octanol–water partition coefficient (Wildman–Crippen LogP) is 3.06. The fraction of sp³-hybridized carbons (Fsp3) is 0.353. The first-order valence-corrected chi connectivity index (χ1v) is 8.02. The molecule has 1 heterocycles. The minimum absolute atomic E-state index is 0.150. The predicted molar refractivity (Wildman–Crippen MR) is 91.7 cm³/mol. The third-order valence-electron chi connectivity index (χ3n) is 3.48. The molecule has 2 rings (SSSR count). The Balaban J connectivity index is 2.22. The van der Waals surface area contributed by atoms with Crippen molar-refractivity contribution in [2.24, 2.45) is 5.92 Å². The molecular formula is C17H20ClN3O3. The van der Waals surface area contributed by atoms with Gasteiger partial charge in [-0.2, -0.15) is 5.10 Å². The Labute approximate surface area is 145 Å². The van der Waals surface area contributed by atoms with E-state index in [0.29, 0.717) is 11.4 Å². The van der Waals surface area contributed by atoms with Gasteiger partial charge in [-0.3, -0.25) is 4.79 Å². The van der Waals surface area contributed by atoms with Crippen LogP contribution in [0.25, 0.3) is 5.69 Å². The zero-order chi connectivity index (χ0) is 17.9. The average molecular weight is 350 g/mol. The first-order valence-electron chi connectivity index (χ1n) is 7.64. The number of carboxylic acids is 1. The fourth-order valence-electron chi connectivity index (χ4n) is 2.38. The highest BCUT2D eigenvalue weighted by molar-refractivity contribution is 6.30. The van der Waals surface area contributed by atoms with Crippen molar-refractivity contribution in [2.45, 2.75) is 33.2 Å². The van der Waals surface area contributed by atoms with Crippen LogP contribution in [0, 0.1) is 12.8 Å². The summed E-state index contributed by atoms with van der Waals surface area (Å²) in [6, 6.07) is 7.79. The molecule has 0 radical (unpaired) electrons. The van der Waals surface area contributed by atoms with E-state index >= 15 is 0 Å². The van der Waals surface area contributed by atoms with E-state index in [0.717, 1.165) is 11.4 Å². The summed E-state index contributed by atoms with van der Waals surface area (Å²) >= 11 is 5.98. The number of hydrogen-bond acceptors (Lipinski definition) is 3. The van der Waals surface area contributed by atoms with Crippen molar-refractivity contribution in [1.82, 2.24) is 15.1 Å². The molecule has 0 fully saturated rings. The minimum Gasteiger partial charge on any atom is -0.480 e. The zero-order valence-electron chi connectivity index (χ0n) is 13.8. The van der Waals surface area contributed by atoms with Crippen LogP contribution in [0.1, 0.15) is 36.5 Å². The Kier molecular flexibility index (Phi) is 5.62. The minimum atomic E-state index is -1.05. The van der Waals surface area contributed by atoms with Crippen LogP contribution >= 0.6 is 11.6 Å². The molecular weight excluding hydrogens is 330 g/mol. The Morgan fingerprint density at radius 1 is 1.33 bits per heavy atom. The highest BCUT2D eigenvalue weighted by atomic mass is 35.5. The second kappa shape index (κ2) is 7.49. The van der Waals surface area contributed by atoms with E-state index < -0.39 is 17.9 Å². The van der Waals surface area contributed by atoms with Gasteiger partial charge in [0.2, 0.25) is 0 Å². The molecule has 2 N–H and O–H groups in total. The van der Waals surface area contributed by atoms with Gasteiger partial charge in [0.1, 0.15) is 6.04 Å². The molecule has 1 unspecified atom stereocenters. The normalized spacial score (nSPS) is 12.2. The number of nitrogens with zero attached hydrogens (tertiary/aromatic N) is 2. The number of carbonyl (C=O) groups is 2. The molecule has 0 aliphatic carbocycles. The number of rotatable bonds is 6. The number of carboxylic acid groups (broad SMARTS) is 1. The first kappa shape index (κ1) is 18.0. The van der Waals surface area contributed by atoms with E-state index in [1.165, 1.54) is 0 Å². The van der Waals surface area contributed by atoms with Gasteiger partial charge in [-0.25, -0.2) is 9.48 Å². The summed E-state index contributed by atoms with van der Waals surface area (Å²) in [6.07, 6.45) is 0.356. The lowest BCUT2D eigenvalue weighted by atomic mass is 10.0. The topological polar surface area (TPSA) is 84.2 Å². The molecule has 1 aromatic heterocycles. The largest absolute Gasteiger partial charge is 0.480 e. The van der Waals surface area contributed by atoms with Crippen molar-refractivity contribution in [1.29, 1.82) is 0 Å². The lowest BCUT2D eigenvalue weighted by Gasteiger charge is -2.15. The second-order valence-electron chi connectivity index (χ2n) is 6.06. The molecule has 7 heteroatoms. The zero-order valence-corrected chi connectivity index (χ0v) is 14.5. The Morgan fingerprint density at radius 2 is 2.04 bits per heavy atom. The van der Waals surface area contributed by atoms with Crippen LogP contribution in [0.4, 0.5) is 0 Å². The second-order valence-corrected chi connectivity index (χ2v) is 6.49. The number of hydrogen-bond donors (Lipinski definition) is 2. The molecule has 1 amide bonds. The van der Waals surface area contributed by atoms with Gasteiger partial charge in [0, 0.05) is 10.7 Å². The van der Waals surface area contributed by atoms with Crippen LogP contribution in [0.15, 0.2) is 30.3 Å². The van der Waals surface area contributed by atoms with E-state index in [1.54, 1.807) is 28.9 Å². The number of aliphatic carboxylic acids is 1. The van der Waals surface area contributed by atoms with Gasteiger partial charge in [0.05, 0.1) is 5.69 Å². The molecule has 0 bridgehead atoms. The van der Waals surface area contributed by atoms with Crippen molar-refractivity contribution < 1.29 is 14.7 Å². The van der Waals surface area contributed by atoms with Crippen LogP contribution in [-0.4, -0.2) is 32.8 Å². The van der Waals surface area contributed by atoms with Crippen molar-refractivity contribution in [3.05, 3.63) is 46.7 Å². The van der Waals surface area contributed by atoms with Crippen molar-refractivity contribution in [2.75, 3.05) is 0 Å². The summed E-state index contributed by atoms with van der Waals surface area (Å²) in [5.41, 5.74) is 1.65. The number of amides is 1. The van der Waals surface area contributed by atoms with Crippen LogP contribution in [0.5, 0.6) is 0 Å². The molecule has 0 aliphatic rings. The standard InChI is InChI=1S/C17H20ClN3O3/c1-10(2)7-15(17(23)24)19-16(22)14-8-11(3)21(20-14)13-6-4-5-12(18)9-13/h4-6,8-10,15H,7H2,1-3H3,(H,19,22)(H,23,24). The van der Waals surface area contributed by atoms with Gasteiger partial charge >= 0.3 is 5.97 Å². The third kappa shape index (κ3) is 4.35. The number of halogens is 1. The molecule has 2 aromatic rings. The summed E-state index contributed by atoms with van der Waals surface area (Å²) < 4.78 is 1.60. The summed E-state index contributed by atoms with van der Waals surface area (Å²) in [6.45, 7) is 5.62. The van der Waals surface area contributed by atoms with Gasteiger partial charge in [-0.05, 0) is 43.5 Å². The van der Waals surface area contributed by atoms with E-state index in [1.807, 2.05) is 26.8 Å². The van der Waals surface area contributed by atoms with E-state index in [9.17, 15) is 14.7 Å². The molecule has 1 aromatic carbocycles. The lowest BCUT2D eigenvalue weighted by Crippen LogP contribution is -2.41. The monoisotopic (exact) mass is 349 g/mol.